The Morgan fingerprint density at radius 2 is 1.97 bits per heavy atom. The first-order valence-electron chi connectivity index (χ1n) is 10.1. The average molecular weight is 440 g/mol. The van der Waals surface area contributed by atoms with Gasteiger partial charge >= 0.3 is 0 Å². The van der Waals surface area contributed by atoms with Crippen LogP contribution in [0.4, 0.5) is 0 Å². The van der Waals surface area contributed by atoms with Gasteiger partial charge in [0, 0.05) is 28.4 Å². The van der Waals surface area contributed by atoms with E-state index in [9.17, 15) is 4.79 Å². The average Bonchev–Trinajstić information content (AvgIpc) is 3.41. The standard InChI is InChI=1S/C23H22ClN3O2S/c1-26-10-8-17(9-11-26)27-20(13-15-4-6-16(24)7-5-15)25-22-21(23(27)28)18(14-30-22)19-3-2-12-29-19/h2-7,12,14,17H,8-11,13H2,1H3. The van der Waals surface area contributed by atoms with Crippen molar-refractivity contribution in [3.05, 3.63) is 74.8 Å². The summed E-state index contributed by atoms with van der Waals surface area (Å²) in [4.78, 5) is 21.9. The van der Waals surface area contributed by atoms with Gasteiger partial charge in [0.25, 0.3) is 5.56 Å². The molecule has 0 bridgehead atoms. The molecule has 1 fully saturated rings. The zero-order chi connectivity index (χ0) is 20.7. The smallest absolute Gasteiger partial charge is 0.263 e. The van der Waals surface area contributed by atoms with E-state index < -0.39 is 0 Å². The molecule has 0 unspecified atom stereocenters. The van der Waals surface area contributed by atoms with Gasteiger partial charge < -0.3 is 9.32 Å². The number of rotatable bonds is 4. The number of fused-ring (bicyclic) bond motifs is 1. The third-order valence-corrected chi connectivity index (χ3v) is 6.95. The first-order valence-corrected chi connectivity index (χ1v) is 11.4. The number of halogens is 1. The zero-order valence-electron chi connectivity index (χ0n) is 16.7. The summed E-state index contributed by atoms with van der Waals surface area (Å²) in [5.41, 5.74) is 1.96. The normalized spacial score (nSPS) is 15.8. The minimum atomic E-state index is 0.0335. The molecule has 5 nitrogen and oxygen atoms in total. The molecule has 0 radical (unpaired) electrons. The van der Waals surface area contributed by atoms with Crippen molar-refractivity contribution in [1.29, 1.82) is 0 Å². The SMILES string of the molecule is CN1CCC(n2c(Cc3ccc(Cl)cc3)nc3scc(-c4ccco4)c3c2=O)CC1. The van der Waals surface area contributed by atoms with Crippen molar-refractivity contribution in [1.82, 2.24) is 14.5 Å². The van der Waals surface area contributed by atoms with E-state index in [1.807, 2.05) is 46.3 Å². The van der Waals surface area contributed by atoms with Crippen LogP contribution in [0.1, 0.15) is 30.3 Å². The van der Waals surface area contributed by atoms with Gasteiger partial charge in [0.1, 0.15) is 16.4 Å². The highest BCUT2D eigenvalue weighted by Crippen LogP contribution is 2.33. The largest absolute Gasteiger partial charge is 0.464 e. The van der Waals surface area contributed by atoms with Crippen molar-refractivity contribution in [3.63, 3.8) is 0 Å². The highest BCUT2D eigenvalue weighted by atomic mass is 35.5. The number of furan rings is 1. The Morgan fingerprint density at radius 1 is 1.20 bits per heavy atom. The van der Waals surface area contributed by atoms with Crippen LogP contribution in [0, 0.1) is 0 Å². The molecule has 5 rings (SSSR count). The van der Waals surface area contributed by atoms with Crippen LogP contribution in [0.3, 0.4) is 0 Å². The predicted octanol–water partition coefficient (Wildman–Crippen LogP) is 5.23. The van der Waals surface area contributed by atoms with Gasteiger partial charge in [0.15, 0.2) is 0 Å². The fraction of sp³-hybridized carbons (Fsp3) is 0.304. The molecule has 0 atom stereocenters. The van der Waals surface area contributed by atoms with Crippen LogP contribution in [0.5, 0.6) is 0 Å². The number of hydrogen-bond acceptors (Lipinski definition) is 5. The highest BCUT2D eigenvalue weighted by molar-refractivity contribution is 7.17. The van der Waals surface area contributed by atoms with E-state index in [2.05, 4.69) is 11.9 Å². The van der Waals surface area contributed by atoms with Gasteiger partial charge in [-0.1, -0.05) is 23.7 Å². The fourth-order valence-electron chi connectivity index (χ4n) is 4.20. The Bertz CT molecular complexity index is 1220. The van der Waals surface area contributed by atoms with Gasteiger partial charge in [0.05, 0.1) is 11.6 Å². The topological polar surface area (TPSA) is 51.3 Å². The molecule has 0 N–H and O–H groups in total. The molecule has 1 aliphatic rings. The monoisotopic (exact) mass is 439 g/mol. The molecule has 1 aliphatic heterocycles. The van der Waals surface area contributed by atoms with Crippen molar-refractivity contribution >= 4 is 33.2 Å². The number of piperidine rings is 1. The number of aromatic nitrogens is 2. The second-order valence-corrected chi connectivity index (χ2v) is 9.14. The maximum atomic E-state index is 13.8. The first-order chi connectivity index (χ1) is 14.6. The summed E-state index contributed by atoms with van der Waals surface area (Å²) in [6.45, 7) is 1.95. The number of thiophene rings is 1. The molecule has 3 aromatic heterocycles. The van der Waals surface area contributed by atoms with E-state index in [0.717, 1.165) is 47.7 Å². The molecular formula is C23H22ClN3O2S. The lowest BCUT2D eigenvalue weighted by molar-refractivity contribution is 0.216. The Morgan fingerprint density at radius 3 is 2.67 bits per heavy atom. The van der Waals surface area contributed by atoms with Gasteiger partial charge in [-0.15, -0.1) is 11.3 Å². The summed E-state index contributed by atoms with van der Waals surface area (Å²) < 4.78 is 7.54. The van der Waals surface area contributed by atoms with E-state index >= 15 is 0 Å². The maximum absolute atomic E-state index is 13.8. The number of hydrogen-bond donors (Lipinski definition) is 0. The van der Waals surface area contributed by atoms with E-state index in [4.69, 9.17) is 21.0 Å². The summed E-state index contributed by atoms with van der Waals surface area (Å²) in [7, 11) is 2.13. The highest BCUT2D eigenvalue weighted by Gasteiger charge is 2.25. The van der Waals surface area contributed by atoms with Crippen LogP contribution in [-0.2, 0) is 6.42 Å². The zero-order valence-corrected chi connectivity index (χ0v) is 18.2. The predicted molar refractivity (Wildman–Crippen MR) is 122 cm³/mol. The minimum absolute atomic E-state index is 0.0335. The summed E-state index contributed by atoms with van der Waals surface area (Å²) in [6, 6.07) is 11.7. The molecule has 4 heterocycles. The minimum Gasteiger partial charge on any atom is -0.464 e. The third-order valence-electron chi connectivity index (χ3n) is 5.83. The van der Waals surface area contributed by atoms with E-state index in [-0.39, 0.29) is 11.6 Å². The summed E-state index contributed by atoms with van der Waals surface area (Å²) in [6.07, 6.45) is 4.12. The van der Waals surface area contributed by atoms with Crippen molar-refractivity contribution in [3.8, 4) is 11.3 Å². The van der Waals surface area contributed by atoms with Crippen LogP contribution in [-0.4, -0.2) is 34.6 Å². The lowest BCUT2D eigenvalue weighted by atomic mass is 10.0. The summed E-state index contributed by atoms with van der Waals surface area (Å²) in [5, 5.41) is 3.34. The second kappa shape index (κ2) is 8.02. The van der Waals surface area contributed by atoms with Crippen molar-refractivity contribution in [2.45, 2.75) is 25.3 Å². The Kier molecular flexibility index (Phi) is 5.23. The van der Waals surface area contributed by atoms with Gasteiger partial charge in [0.2, 0.25) is 0 Å². The fourth-order valence-corrected chi connectivity index (χ4v) is 5.26. The quantitative estimate of drug-likeness (QED) is 0.437. The second-order valence-electron chi connectivity index (χ2n) is 7.85. The maximum Gasteiger partial charge on any atom is 0.263 e. The van der Waals surface area contributed by atoms with Crippen LogP contribution in [0.2, 0.25) is 5.02 Å². The Hall–Kier alpha value is -2.41. The molecule has 0 amide bonds. The molecule has 4 aromatic rings. The molecule has 7 heteroatoms. The Balaban J connectivity index is 1.66. The number of benzene rings is 1. The molecule has 154 valence electrons. The van der Waals surface area contributed by atoms with E-state index in [0.29, 0.717) is 22.6 Å². The summed E-state index contributed by atoms with van der Waals surface area (Å²) >= 11 is 7.55. The number of nitrogens with zero attached hydrogens (tertiary/aromatic N) is 3. The molecule has 30 heavy (non-hydrogen) atoms. The van der Waals surface area contributed by atoms with Crippen molar-refractivity contribution in [2.24, 2.45) is 0 Å². The van der Waals surface area contributed by atoms with Gasteiger partial charge in [-0.3, -0.25) is 9.36 Å². The number of likely N-dealkylation sites (tertiary alicyclic amines) is 1. The molecule has 1 aromatic carbocycles. The van der Waals surface area contributed by atoms with Gasteiger partial charge in [-0.2, -0.15) is 0 Å². The van der Waals surface area contributed by atoms with Crippen LogP contribution in [0.25, 0.3) is 21.5 Å². The van der Waals surface area contributed by atoms with E-state index in [1.165, 1.54) is 11.3 Å². The molecule has 0 saturated carbocycles. The van der Waals surface area contributed by atoms with Crippen LogP contribution < -0.4 is 5.56 Å². The Labute approximate surface area is 183 Å². The molecule has 0 aliphatic carbocycles. The first kappa shape index (κ1) is 19.5. The molecule has 0 spiro atoms. The molecular weight excluding hydrogens is 418 g/mol. The van der Waals surface area contributed by atoms with Crippen molar-refractivity contribution < 1.29 is 4.42 Å². The lowest BCUT2D eigenvalue weighted by Gasteiger charge is -2.31. The van der Waals surface area contributed by atoms with Crippen LogP contribution in [0.15, 0.2) is 57.3 Å². The lowest BCUT2D eigenvalue weighted by Crippen LogP contribution is -2.37. The third kappa shape index (κ3) is 3.60. The summed E-state index contributed by atoms with van der Waals surface area (Å²) in [5.74, 6) is 1.53. The van der Waals surface area contributed by atoms with Gasteiger partial charge in [-0.25, -0.2) is 4.98 Å². The van der Waals surface area contributed by atoms with Crippen molar-refractivity contribution in [2.75, 3.05) is 20.1 Å². The molecule has 1 saturated heterocycles. The van der Waals surface area contributed by atoms with Crippen LogP contribution >= 0.6 is 22.9 Å². The van der Waals surface area contributed by atoms with Gasteiger partial charge in [-0.05, 0) is 62.8 Å². The van der Waals surface area contributed by atoms with E-state index in [1.54, 1.807) is 6.26 Å².